The Balaban J connectivity index is 1.59. The molecule has 1 aromatic carbocycles. The van der Waals surface area contributed by atoms with Gasteiger partial charge in [-0.05, 0) is 38.1 Å². The van der Waals surface area contributed by atoms with E-state index < -0.39 is 0 Å². The van der Waals surface area contributed by atoms with E-state index in [1.165, 1.54) is 5.56 Å². The van der Waals surface area contributed by atoms with Crippen molar-refractivity contribution in [3.63, 3.8) is 0 Å². The first kappa shape index (κ1) is 15.5. The van der Waals surface area contributed by atoms with Crippen molar-refractivity contribution in [2.75, 3.05) is 39.8 Å². The number of rotatable bonds is 5. The lowest BCUT2D eigenvalue weighted by Gasteiger charge is -2.39. The van der Waals surface area contributed by atoms with Crippen LogP contribution in [-0.4, -0.2) is 70.7 Å². The minimum Gasteiger partial charge on any atom is -0.396 e. The Morgan fingerprint density at radius 3 is 3.05 bits per heavy atom. The molecule has 0 amide bonds. The van der Waals surface area contributed by atoms with Crippen LogP contribution in [0.4, 0.5) is 0 Å². The molecular formula is C17H26N4O. The van der Waals surface area contributed by atoms with Gasteiger partial charge in [0.25, 0.3) is 0 Å². The third-order valence-electron chi connectivity index (χ3n) is 4.67. The number of fused-ring (bicyclic) bond motifs is 1. The maximum atomic E-state index is 9.17. The highest BCUT2D eigenvalue weighted by Gasteiger charge is 2.23. The van der Waals surface area contributed by atoms with E-state index in [9.17, 15) is 5.11 Å². The van der Waals surface area contributed by atoms with E-state index in [0.29, 0.717) is 6.04 Å². The van der Waals surface area contributed by atoms with E-state index in [2.05, 4.69) is 51.9 Å². The fourth-order valence-electron chi connectivity index (χ4n) is 3.23. The molecule has 2 heterocycles. The van der Waals surface area contributed by atoms with Crippen molar-refractivity contribution in [3.8, 4) is 0 Å². The summed E-state index contributed by atoms with van der Waals surface area (Å²) in [7, 11) is 2.15. The average molecular weight is 302 g/mol. The van der Waals surface area contributed by atoms with E-state index in [1.807, 2.05) is 0 Å². The summed E-state index contributed by atoms with van der Waals surface area (Å²) in [4.78, 5) is 13.0. The number of likely N-dealkylation sites (N-methyl/N-ethyl adjacent to an activating group) is 1. The molecule has 22 heavy (non-hydrogen) atoms. The summed E-state index contributed by atoms with van der Waals surface area (Å²) in [5.41, 5.74) is 3.44. The number of imidazole rings is 1. The van der Waals surface area contributed by atoms with Crippen molar-refractivity contribution in [1.82, 2.24) is 19.8 Å². The number of H-pyrrole nitrogens is 1. The average Bonchev–Trinajstić information content (AvgIpc) is 2.90. The zero-order chi connectivity index (χ0) is 15.5. The smallest absolute Gasteiger partial charge is 0.108 e. The molecule has 120 valence electrons. The van der Waals surface area contributed by atoms with Gasteiger partial charge in [0, 0.05) is 45.2 Å². The second-order valence-electron chi connectivity index (χ2n) is 6.40. The summed E-state index contributed by atoms with van der Waals surface area (Å²) < 4.78 is 0. The summed E-state index contributed by atoms with van der Waals surface area (Å²) in [6, 6.07) is 6.81. The SMILES string of the molecule is Cc1ccc2nc(CCN3CCN(C)C(CCO)C3)[nH]c2c1. The van der Waals surface area contributed by atoms with Crippen LogP contribution >= 0.6 is 0 Å². The van der Waals surface area contributed by atoms with Crippen molar-refractivity contribution in [2.24, 2.45) is 0 Å². The molecule has 0 bridgehead atoms. The highest BCUT2D eigenvalue weighted by Crippen LogP contribution is 2.15. The first-order valence-electron chi connectivity index (χ1n) is 8.14. The van der Waals surface area contributed by atoms with Crippen molar-refractivity contribution >= 4 is 11.0 Å². The number of benzene rings is 1. The zero-order valence-electron chi connectivity index (χ0n) is 13.5. The number of nitrogens with one attached hydrogen (secondary N) is 1. The fourth-order valence-corrected chi connectivity index (χ4v) is 3.23. The summed E-state index contributed by atoms with van der Waals surface area (Å²) in [6.45, 7) is 6.60. The van der Waals surface area contributed by atoms with Crippen LogP contribution in [0, 0.1) is 6.92 Å². The van der Waals surface area contributed by atoms with E-state index in [1.54, 1.807) is 0 Å². The minimum atomic E-state index is 0.270. The van der Waals surface area contributed by atoms with Crippen LogP contribution in [0.1, 0.15) is 17.8 Å². The number of aromatic amines is 1. The molecule has 5 heteroatoms. The van der Waals surface area contributed by atoms with E-state index >= 15 is 0 Å². The summed E-state index contributed by atoms with van der Waals surface area (Å²) >= 11 is 0. The summed E-state index contributed by atoms with van der Waals surface area (Å²) in [6.07, 6.45) is 1.81. The third kappa shape index (κ3) is 3.48. The standard InChI is InChI=1S/C17H26N4O/c1-13-3-4-15-16(11-13)19-17(18-15)5-7-21-9-8-20(2)14(12-21)6-10-22/h3-4,11,14,22H,5-10,12H2,1-2H3,(H,18,19). The molecule has 0 saturated carbocycles. The Morgan fingerprint density at radius 2 is 2.23 bits per heavy atom. The third-order valence-corrected chi connectivity index (χ3v) is 4.67. The Bertz CT molecular complexity index is 624. The maximum absolute atomic E-state index is 9.17. The summed E-state index contributed by atoms with van der Waals surface area (Å²) in [5.74, 6) is 1.07. The molecule has 2 N–H and O–H groups in total. The molecule has 3 rings (SSSR count). The molecule has 0 radical (unpaired) electrons. The van der Waals surface area contributed by atoms with Gasteiger partial charge in [-0.25, -0.2) is 4.98 Å². The molecule has 1 unspecified atom stereocenters. The van der Waals surface area contributed by atoms with E-state index in [4.69, 9.17) is 0 Å². The van der Waals surface area contributed by atoms with Gasteiger partial charge in [0.05, 0.1) is 11.0 Å². The van der Waals surface area contributed by atoms with Gasteiger partial charge in [0.2, 0.25) is 0 Å². The van der Waals surface area contributed by atoms with Gasteiger partial charge < -0.3 is 19.9 Å². The molecule has 1 aliphatic heterocycles. The Kier molecular flexibility index (Phi) is 4.76. The summed E-state index contributed by atoms with van der Waals surface area (Å²) in [5, 5.41) is 9.17. The number of hydrogen-bond donors (Lipinski definition) is 2. The predicted octanol–water partition coefficient (Wildman–Crippen LogP) is 1.41. The quantitative estimate of drug-likeness (QED) is 0.877. The van der Waals surface area contributed by atoms with Gasteiger partial charge in [0.15, 0.2) is 0 Å². The predicted molar refractivity (Wildman–Crippen MR) is 89.1 cm³/mol. The van der Waals surface area contributed by atoms with Gasteiger partial charge in [-0.15, -0.1) is 0 Å². The second-order valence-corrected chi connectivity index (χ2v) is 6.40. The molecule has 5 nitrogen and oxygen atoms in total. The monoisotopic (exact) mass is 302 g/mol. The number of aliphatic hydroxyl groups is 1. The van der Waals surface area contributed by atoms with Crippen molar-refractivity contribution in [3.05, 3.63) is 29.6 Å². The van der Waals surface area contributed by atoms with Crippen molar-refractivity contribution < 1.29 is 5.11 Å². The van der Waals surface area contributed by atoms with Gasteiger partial charge in [-0.2, -0.15) is 0 Å². The Hall–Kier alpha value is -1.43. The largest absolute Gasteiger partial charge is 0.396 e. The lowest BCUT2D eigenvalue weighted by molar-refractivity contribution is 0.0790. The maximum Gasteiger partial charge on any atom is 0.108 e. The topological polar surface area (TPSA) is 55.4 Å². The van der Waals surface area contributed by atoms with Crippen LogP contribution in [0.3, 0.4) is 0 Å². The van der Waals surface area contributed by atoms with Crippen molar-refractivity contribution in [2.45, 2.75) is 25.8 Å². The normalized spacial score (nSPS) is 20.8. The van der Waals surface area contributed by atoms with Crippen LogP contribution in [0.15, 0.2) is 18.2 Å². The van der Waals surface area contributed by atoms with Crippen molar-refractivity contribution in [1.29, 1.82) is 0 Å². The van der Waals surface area contributed by atoms with Crippen LogP contribution in [-0.2, 0) is 6.42 Å². The number of hydrogen-bond acceptors (Lipinski definition) is 4. The molecule has 0 aliphatic carbocycles. The zero-order valence-corrected chi connectivity index (χ0v) is 13.5. The van der Waals surface area contributed by atoms with Crippen LogP contribution < -0.4 is 0 Å². The van der Waals surface area contributed by atoms with Crippen LogP contribution in [0.5, 0.6) is 0 Å². The lowest BCUT2D eigenvalue weighted by Crippen LogP contribution is -2.52. The number of aromatic nitrogens is 2. The molecule has 1 fully saturated rings. The van der Waals surface area contributed by atoms with E-state index in [0.717, 1.165) is 55.9 Å². The Labute approximate surface area is 131 Å². The second kappa shape index (κ2) is 6.77. The molecule has 1 atom stereocenters. The fraction of sp³-hybridized carbons (Fsp3) is 0.588. The number of nitrogens with zero attached hydrogens (tertiary/aromatic N) is 3. The minimum absolute atomic E-state index is 0.270. The Morgan fingerprint density at radius 1 is 1.36 bits per heavy atom. The highest BCUT2D eigenvalue weighted by molar-refractivity contribution is 5.75. The first-order valence-corrected chi connectivity index (χ1v) is 8.14. The van der Waals surface area contributed by atoms with E-state index in [-0.39, 0.29) is 6.61 Å². The van der Waals surface area contributed by atoms with Gasteiger partial charge >= 0.3 is 0 Å². The lowest BCUT2D eigenvalue weighted by atomic mass is 10.1. The number of aliphatic hydroxyl groups excluding tert-OH is 1. The molecule has 1 aliphatic rings. The van der Waals surface area contributed by atoms with Crippen LogP contribution in [0.2, 0.25) is 0 Å². The number of aryl methyl sites for hydroxylation is 1. The molecule has 1 aromatic heterocycles. The highest BCUT2D eigenvalue weighted by atomic mass is 16.3. The molecular weight excluding hydrogens is 276 g/mol. The van der Waals surface area contributed by atoms with Gasteiger partial charge in [-0.1, -0.05) is 6.07 Å². The first-order chi connectivity index (χ1) is 10.7. The molecule has 2 aromatic rings. The molecule has 1 saturated heterocycles. The molecule has 0 spiro atoms. The number of piperazine rings is 1. The van der Waals surface area contributed by atoms with Gasteiger partial charge in [-0.3, -0.25) is 0 Å². The van der Waals surface area contributed by atoms with Crippen LogP contribution in [0.25, 0.3) is 11.0 Å². The van der Waals surface area contributed by atoms with Gasteiger partial charge in [0.1, 0.15) is 5.82 Å².